The lowest BCUT2D eigenvalue weighted by Crippen LogP contribution is -2.40. The number of benzene rings is 1. The highest BCUT2D eigenvalue weighted by atomic mass is 19.1. The maximum atomic E-state index is 13.5. The molecule has 0 aliphatic carbocycles. The lowest BCUT2D eigenvalue weighted by atomic mass is 10.1. The van der Waals surface area contributed by atoms with E-state index in [1.54, 1.807) is 0 Å². The first-order valence-electron chi connectivity index (χ1n) is 6.93. The average molecular weight is 266 g/mol. The highest BCUT2D eigenvalue weighted by molar-refractivity contribution is 5.30. The van der Waals surface area contributed by atoms with Crippen molar-refractivity contribution in [1.29, 1.82) is 0 Å². The van der Waals surface area contributed by atoms with Crippen LogP contribution in [0.2, 0.25) is 0 Å². The molecule has 1 aliphatic heterocycles. The zero-order chi connectivity index (χ0) is 13.7. The zero-order valence-corrected chi connectivity index (χ0v) is 11.8. The summed E-state index contributed by atoms with van der Waals surface area (Å²) in [6, 6.07) is 3.84. The largest absolute Gasteiger partial charge is 0.379 e. The summed E-state index contributed by atoms with van der Waals surface area (Å²) in [6.07, 6.45) is 0. The number of hydrogen-bond donors (Lipinski definition) is 1. The minimum absolute atomic E-state index is 0.0860. The van der Waals surface area contributed by atoms with E-state index in [0.717, 1.165) is 62.6 Å². The van der Waals surface area contributed by atoms with Gasteiger partial charge in [0, 0.05) is 32.7 Å². The smallest absolute Gasteiger partial charge is 0.129 e. The van der Waals surface area contributed by atoms with Gasteiger partial charge in [-0.05, 0) is 30.5 Å². The van der Waals surface area contributed by atoms with Crippen LogP contribution in [0.1, 0.15) is 16.7 Å². The lowest BCUT2D eigenvalue weighted by molar-refractivity contribution is 0.0384. The third-order valence-electron chi connectivity index (χ3n) is 3.53. The van der Waals surface area contributed by atoms with Crippen molar-refractivity contribution in [2.45, 2.75) is 20.4 Å². The molecule has 0 radical (unpaired) electrons. The van der Waals surface area contributed by atoms with Crippen LogP contribution in [0.4, 0.5) is 4.39 Å². The Labute approximate surface area is 114 Å². The number of hydrogen-bond acceptors (Lipinski definition) is 3. The fourth-order valence-electron chi connectivity index (χ4n) is 2.43. The maximum absolute atomic E-state index is 13.5. The predicted octanol–water partition coefficient (Wildman–Crippen LogP) is 1.86. The number of morpholine rings is 1. The summed E-state index contributed by atoms with van der Waals surface area (Å²) in [5.41, 5.74) is 2.60. The summed E-state index contributed by atoms with van der Waals surface area (Å²) in [4.78, 5) is 2.40. The van der Waals surface area contributed by atoms with Crippen molar-refractivity contribution in [1.82, 2.24) is 10.2 Å². The molecule has 0 spiro atoms. The molecule has 0 atom stereocenters. The van der Waals surface area contributed by atoms with Gasteiger partial charge in [-0.1, -0.05) is 12.1 Å². The van der Waals surface area contributed by atoms with E-state index >= 15 is 0 Å². The van der Waals surface area contributed by atoms with Gasteiger partial charge in [-0.3, -0.25) is 4.90 Å². The molecule has 19 heavy (non-hydrogen) atoms. The molecule has 1 fully saturated rings. The number of rotatable bonds is 5. The van der Waals surface area contributed by atoms with Crippen LogP contribution in [-0.4, -0.2) is 44.3 Å². The van der Waals surface area contributed by atoms with E-state index in [9.17, 15) is 4.39 Å². The first-order valence-corrected chi connectivity index (χ1v) is 6.93. The van der Waals surface area contributed by atoms with E-state index in [2.05, 4.69) is 10.2 Å². The first kappa shape index (κ1) is 14.4. The third-order valence-corrected chi connectivity index (χ3v) is 3.53. The molecule has 0 bridgehead atoms. The Morgan fingerprint density at radius 3 is 2.47 bits per heavy atom. The van der Waals surface area contributed by atoms with Crippen LogP contribution in [0.15, 0.2) is 12.1 Å². The van der Waals surface area contributed by atoms with Crippen LogP contribution in [0.3, 0.4) is 0 Å². The minimum Gasteiger partial charge on any atom is -0.379 e. The number of nitrogens with one attached hydrogen (secondary N) is 1. The Bertz CT molecular complexity index is 394. The molecule has 1 saturated heterocycles. The van der Waals surface area contributed by atoms with Gasteiger partial charge in [-0.25, -0.2) is 4.39 Å². The van der Waals surface area contributed by atoms with Crippen LogP contribution in [-0.2, 0) is 11.3 Å². The quantitative estimate of drug-likeness (QED) is 0.823. The van der Waals surface area contributed by atoms with E-state index in [1.807, 2.05) is 26.0 Å². The first-order chi connectivity index (χ1) is 9.16. The average Bonchev–Trinajstić information content (AvgIpc) is 2.42. The Morgan fingerprint density at radius 1 is 1.21 bits per heavy atom. The summed E-state index contributed by atoms with van der Waals surface area (Å²) in [5, 5.41) is 3.42. The maximum Gasteiger partial charge on any atom is 0.129 e. The fraction of sp³-hybridized carbons (Fsp3) is 0.600. The van der Waals surface area contributed by atoms with Crippen molar-refractivity contribution < 1.29 is 9.13 Å². The van der Waals surface area contributed by atoms with Gasteiger partial charge in [-0.15, -0.1) is 0 Å². The topological polar surface area (TPSA) is 24.5 Å². The molecule has 1 aromatic carbocycles. The summed E-state index contributed by atoms with van der Waals surface area (Å²) >= 11 is 0. The van der Waals surface area contributed by atoms with Crippen molar-refractivity contribution in [2.24, 2.45) is 0 Å². The number of halogens is 1. The molecule has 0 aromatic heterocycles. The molecule has 0 unspecified atom stereocenters. The van der Waals surface area contributed by atoms with Crippen LogP contribution in [0.25, 0.3) is 0 Å². The van der Waals surface area contributed by atoms with Gasteiger partial charge in [-0.2, -0.15) is 0 Å². The fourth-order valence-corrected chi connectivity index (χ4v) is 2.43. The van der Waals surface area contributed by atoms with Crippen LogP contribution in [0, 0.1) is 19.7 Å². The Balaban J connectivity index is 1.73. The second-order valence-electron chi connectivity index (χ2n) is 5.17. The molecule has 2 rings (SSSR count). The van der Waals surface area contributed by atoms with Gasteiger partial charge < -0.3 is 10.1 Å². The lowest BCUT2D eigenvalue weighted by Gasteiger charge is -2.26. The highest BCUT2D eigenvalue weighted by Crippen LogP contribution is 2.14. The molecule has 3 nitrogen and oxygen atoms in total. The third kappa shape index (κ3) is 4.27. The van der Waals surface area contributed by atoms with Crippen molar-refractivity contribution >= 4 is 0 Å². The highest BCUT2D eigenvalue weighted by Gasteiger charge is 2.09. The summed E-state index contributed by atoms with van der Waals surface area (Å²) in [6.45, 7) is 10.2. The summed E-state index contributed by atoms with van der Waals surface area (Å²) in [7, 11) is 0. The Hall–Kier alpha value is -0.970. The van der Waals surface area contributed by atoms with Crippen molar-refractivity contribution in [3.8, 4) is 0 Å². The predicted molar refractivity (Wildman–Crippen MR) is 74.8 cm³/mol. The number of ether oxygens (including phenoxy) is 1. The van der Waals surface area contributed by atoms with Crippen molar-refractivity contribution in [2.75, 3.05) is 39.4 Å². The summed E-state index contributed by atoms with van der Waals surface area (Å²) < 4.78 is 18.8. The van der Waals surface area contributed by atoms with Gasteiger partial charge in [0.1, 0.15) is 5.82 Å². The van der Waals surface area contributed by atoms with Gasteiger partial charge >= 0.3 is 0 Å². The molecule has 1 aliphatic rings. The normalized spacial score (nSPS) is 16.8. The van der Waals surface area contributed by atoms with Gasteiger partial charge in [0.15, 0.2) is 0 Å². The van der Waals surface area contributed by atoms with Crippen LogP contribution < -0.4 is 5.32 Å². The van der Waals surface area contributed by atoms with Gasteiger partial charge in [0.25, 0.3) is 0 Å². The molecular formula is C15H23FN2O. The van der Waals surface area contributed by atoms with Gasteiger partial charge in [0.2, 0.25) is 0 Å². The minimum atomic E-state index is -0.0860. The molecule has 0 amide bonds. The van der Waals surface area contributed by atoms with E-state index in [4.69, 9.17) is 4.74 Å². The second kappa shape index (κ2) is 6.98. The zero-order valence-electron chi connectivity index (χ0n) is 11.8. The molecular weight excluding hydrogens is 243 g/mol. The van der Waals surface area contributed by atoms with Crippen molar-refractivity contribution in [3.63, 3.8) is 0 Å². The molecule has 1 N–H and O–H groups in total. The molecule has 1 aromatic rings. The molecule has 106 valence electrons. The van der Waals surface area contributed by atoms with Crippen LogP contribution >= 0.6 is 0 Å². The van der Waals surface area contributed by atoms with E-state index in [0.29, 0.717) is 0 Å². The van der Waals surface area contributed by atoms with Crippen molar-refractivity contribution in [3.05, 3.63) is 34.6 Å². The standard InChI is InChI=1S/C15H23FN2O/c1-12-9-14(10-13(2)15(12)16)11-17-3-4-18-5-7-19-8-6-18/h9-10,17H,3-8,11H2,1-2H3. The number of nitrogens with zero attached hydrogens (tertiary/aromatic N) is 1. The van der Waals surface area contributed by atoms with E-state index in [-0.39, 0.29) is 5.82 Å². The second-order valence-corrected chi connectivity index (χ2v) is 5.17. The van der Waals surface area contributed by atoms with Gasteiger partial charge in [0.05, 0.1) is 13.2 Å². The molecule has 1 heterocycles. The molecule has 0 saturated carbocycles. The summed E-state index contributed by atoms with van der Waals surface area (Å²) in [5.74, 6) is -0.0860. The monoisotopic (exact) mass is 266 g/mol. The van der Waals surface area contributed by atoms with E-state index < -0.39 is 0 Å². The molecule has 4 heteroatoms. The Kier molecular flexibility index (Phi) is 5.31. The van der Waals surface area contributed by atoms with E-state index in [1.165, 1.54) is 0 Å². The van der Waals surface area contributed by atoms with Crippen LogP contribution in [0.5, 0.6) is 0 Å². The number of aryl methyl sites for hydroxylation is 2. The SMILES string of the molecule is Cc1cc(CNCCN2CCOCC2)cc(C)c1F. The Morgan fingerprint density at radius 2 is 1.84 bits per heavy atom.